The number of methoxy groups -OCH3 is 1. The van der Waals surface area contributed by atoms with Crippen LogP contribution in [0, 0.1) is 18.8 Å². The Balaban J connectivity index is 1.75. The number of nitrogens with zero attached hydrogens (tertiary/aromatic N) is 1. The first-order valence-corrected chi connectivity index (χ1v) is 8.54. The van der Waals surface area contributed by atoms with Crippen LogP contribution in [-0.4, -0.2) is 36.8 Å². The number of carbonyl (C=O) groups is 2. The smallest absolute Gasteiger partial charge is 0.254 e. The van der Waals surface area contributed by atoms with Gasteiger partial charge in [-0.25, -0.2) is 0 Å². The molecule has 1 saturated heterocycles. The molecule has 4 heteroatoms. The Morgan fingerprint density at radius 3 is 2.36 bits per heavy atom. The molecule has 2 aromatic carbocycles. The minimum atomic E-state index is -0.165. The lowest BCUT2D eigenvalue weighted by molar-refractivity contribution is 0.0779. The summed E-state index contributed by atoms with van der Waals surface area (Å²) in [6, 6.07) is 14.8. The van der Waals surface area contributed by atoms with Crippen molar-refractivity contribution in [2.24, 2.45) is 11.8 Å². The van der Waals surface area contributed by atoms with Crippen molar-refractivity contribution in [2.75, 3.05) is 20.2 Å². The van der Waals surface area contributed by atoms with Gasteiger partial charge in [0.05, 0.1) is 7.11 Å². The summed E-state index contributed by atoms with van der Waals surface area (Å²) >= 11 is 0. The van der Waals surface area contributed by atoms with Crippen molar-refractivity contribution < 1.29 is 14.3 Å². The number of benzene rings is 2. The van der Waals surface area contributed by atoms with Crippen LogP contribution in [0.2, 0.25) is 0 Å². The van der Waals surface area contributed by atoms with E-state index in [0.717, 1.165) is 11.3 Å². The van der Waals surface area contributed by atoms with Gasteiger partial charge in [-0.15, -0.1) is 0 Å². The Labute approximate surface area is 148 Å². The highest BCUT2D eigenvalue weighted by Gasteiger charge is 2.37. The molecule has 1 amide bonds. The second-order valence-corrected chi connectivity index (χ2v) is 6.70. The Hall–Kier alpha value is -2.62. The number of hydrogen-bond donors (Lipinski definition) is 0. The van der Waals surface area contributed by atoms with Crippen molar-refractivity contribution in [3.63, 3.8) is 0 Å². The van der Waals surface area contributed by atoms with Gasteiger partial charge in [0.1, 0.15) is 5.75 Å². The number of amides is 1. The average Bonchev–Trinajstić information content (AvgIpc) is 3.03. The number of ether oxygens (including phenoxy) is 1. The third-order valence-corrected chi connectivity index (χ3v) is 4.99. The fourth-order valence-electron chi connectivity index (χ4n) is 3.43. The Kier molecular flexibility index (Phi) is 4.88. The number of Topliss-reactive ketones (excluding diaryl/α,β-unsaturated/α-hetero) is 1. The topological polar surface area (TPSA) is 46.6 Å². The maximum absolute atomic E-state index is 12.8. The van der Waals surface area contributed by atoms with Crippen LogP contribution in [0.1, 0.15) is 33.2 Å². The highest BCUT2D eigenvalue weighted by atomic mass is 16.5. The second kappa shape index (κ2) is 7.09. The summed E-state index contributed by atoms with van der Waals surface area (Å²) in [5, 5.41) is 0. The SMILES string of the molecule is COc1ccc(C(=O)[C@H]2CN(C(=O)c3ccccc3C)CC2C)cc1. The average molecular weight is 337 g/mol. The van der Waals surface area contributed by atoms with Crippen molar-refractivity contribution in [3.05, 3.63) is 65.2 Å². The number of rotatable bonds is 4. The van der Waals surface area contributed by atoms with Gasteiger partial charge in [-0.1, -0.05) is 25.1 Å². The van der Waals surface area contributed by atoms with Gasteiger partial charge >= 0.3 is 0 Å². The minimum Gasteiger partial charge on any atom is -0.497 e. The zero-order chi connectivity index (χ0) is 18.0. The first-order chi connectivity index (χ1) is 12.0. The van der Waals surface area contributed by atoms with E-state index in [4.69, 9.17) is 4.74 Å². The van der Waals surface area contributed by atoms with Gasteiger partial charge < -0.3 is 9.64 Å². The Morgan fingerprint density at radius 2 is 1.72 bits per heavy atom. The summed E-state index contributed by atoms with van der Waals surface area (Å²) in [7, 11) is 1.60. The van der Waals surface area contributed by atoms with Crippen LogP contribution < -0.4 is 4.74 Å². The third-order valence-electron chi connectivity index (χ3n) is 4.99. The van der Waals surface area contributed by atoms with Gasteiger partial charge in [0, 0.05) is 30.1 Å². The molecule has 1 unspecified atom stereocenters. The molecule has 0 bridgehead atoms. The molecule has 0 spiro atoms. The van der Waals surface area contributed by atoms with Crippen molar-refractivity contribution >= 4 is 11.7 Å². The van der Waals surface area contributed by atoms with Gasteiger partial charge in [-0.3, -0.25) is 9.59 Å². The molecular weight excluding hydrogens is 314 g/mol. The fraction of sp³-hybridized carbons (Fsp3) is 0.333. The van der Waals surface area contributed by atoms with Gasteiger partial charge in [0.15, 0.2) is 5.78 Å². The van der Waals surface area contributed by atoms with Crippen LogP contribution in [-0.2, 0) is 0 Å². The van der Waals surface area contributed by atoms with Gasteiger partial charge in [-0.05, 0) is 48.7 Å². The molecule has 0 N–H and O–H groups in total. The lowest BCUT2D eigenvalue weighted by Crippen LogP contribution is -2.30. The Bertz CT molecular complexity index is 782. The van der Waals surface area contributed by atoms with Crippen LogP contribution in [0.4, 0.5) is 0 Å². The maximum Gasteiger partial charge on any atom is 0.254 e. The molecule has 0 aliphatic carbocycles. The molecule has 2 aromatic rings. The highest BCUT2D eigenvalue weighted by molar-refractivity contribution is 6.00. The van der Waals surface area contributed by atoms with Crippen molar-refractivity contribution in [2.45, 2.75) is 13.8 Å². The van der Waals surface area contributed by atoms with Crippen molar-refractivity contribution in [1.29, 1.82) is 0 Å². The van der Waals surface area contributed by atoms with E-state index in [1.165, 1.54) is 0 Å². The normalized spacial score (nSPS) is 19.7. The number of likely N-dealkylation sites (tertiary alicyclic amines) is 1. The molecule has 1 aliphatic rings. The first kappa shape index (κ1) is 17.2. The summed E-state index contributed by atoms with van der Waals surface area (Å²) in [6.07, 6.45) is 0. The fourth-order valence-corrected chi connectivity index (χ4v) is 3.43. The van der Waals surface area contributed by atoms with E-state index in [0.29, 0.717) is 24.2 Å². The lowest BCUT2D eigenvalue weighted by atomic mass is 9.90. The van der Waals surface area contributed by atoms with Gasteiger partial charge in [0.2, 0.25) is 0 Å². The van der Waals surface area contributed by atoms with E-state index in [-0.39, 0.29) is 23.5 Å². The zero-order valence-corrected chi connectivity index (χ0v) is 14.9. The van der Waals surface area contributed by atoms with E-state index >= 15 is 0 Å². The van der Waals surface area contributed by atoms with Crippen LogP contribution in [0.15, 0.2) is 48.5 Å². The predicted molar refractivity (Wildman–Crippen MR) is 97.1 cm³/mol. The van der Waals surface area contributed by atoms with Gasteiger partial charge in [0.25, 0.3) is 5.91 Å². The van der Waals surface area contributed by atoms with E-state index in [9.17, 15) is 9.59 Å². The standard InChI is InChI=1S/C21H23NO3/c1-14-6-4-5-7-18(14)21(24)22-12-15(2)19(13-22)20(23)16-8-10-17(25-3)11-9-16/h4-11,15,19H,12-13H2,1-3H3/t15?,19-/m0/s1. The van der Waals surface area contributed by atoms with Crippen LogP contribution in [0.3, 0.4) is 0 Å². The van der Waals surface area contributed by atoms with E-state index in [2.05, 4.69) is 0 Å². The molecular formula is C21H23NO3. The molecule has 0 aromatic heterocycles. The maximum atomic E-state index is 12.8. The minimum absolute atomic E-state index is 0.00924. The largest absolute Gasteiger partial charge is 0.497 e. The lowest BCUT2D eigenvalue weighted by Gasteiger charge is -2.17. The molecule has 25 heavy (non-hydrogen) atoms. The molecule has 0 radical (unpaired) electrons. The predicted octanol–water partition coefficient (Wildman–Crippen LogP) is 3.59. The van der Waals surface area contributed by atoms with Crippen molar-refractivity contribution in [1.82, 2.24) is 4.90 Å². The second-order valence-electron chi connectivity index (χ2n) is 6.70. The molecule has 3 rings (SSSR count). The number of hydrogen-bond acceptors (Lipinski definition) is 3. The summed E-state index contributed by atoms with van der Waals surface area (Å²) in [4.78, 5) is 27.5. The molecule has 1 heterocycles. The van der Waals surface area contributed by atoms with Gasteiger partial charge in [-0.2, -0.15) is 0 Å². The third kappa shape index (κ3) is 3.43. The first-order valence-electron chi connectivity index (χ1n) is 8.54. The van der Waals surface area contributed by atoms with E-state index in [1.807, 2.05) is 38.1 Å². The molecule has 1 aliphatic heterocycles. The number of ketones is 1. The van der Waals surface area contributed by atoms with E-state index in [1.54, 1.807) is 36.3 Å². The van der Waals surface area contributed by atoms with Crippen molar-refractivity contribution in [3.8, 4) is 5.75 Å². The molecule has 130 valence electrons. The van der Waals surface area contributed by atoms with Crippen LogP contribution in [0.5, 0.6) is 5.75 Å². The molecule has 0 saturated carbocycles. The van der Waals surface area contributed by atoms with Crippen LogP contribution >= 0.6 is 0 Å². The summed E-state index contributed by atoms with van der Waals surface area (Å²) < 4.78 is 5.14. The number of carbonyl (C=O) groups excluding carboxylic acids is 2. The monoisotopic (exact) mass is 337 g/mol. The summed E-state index contributed by atoms with van der Waals surface area (Å²) in [5.41, 5.74) is 2.35. The van der Waals surface area contributed by atoms with E-state index < -0.39 is 0 Å². The molecule has 4 nitrogen and oxygen atoms in total. The molecule has 1 fully saturated rings. The molecule has 2 atom stereocenters. The summed E-state index contributed by atoms with van der Waals surface area (Å²) in [5.74, 6) is 0.807. The van der Waals surface area contributed by atoms with Crippen LogP contribution in [0.25, 0.3) is 0 Å². The quantitative estimate of drug-likeness (QED) is 0.801. The zero-order valence-electron chi connectivity index (χ0n) is 14.9. The Morgan fingerprint density at radius 1 is 1.04 bits per heavy atom. The number of aryl methyl sites for hydroxylation is 1. The summed E-state index contributed by atoms with van der Waals surface area (Å²) in [6.45, 7) is 5.06. The highest BCUT2D eigenvalue weighted by Crippen LogP contribution is 2.28.